The van der Waals surface area contributed by atoms with Gasteiger partial charge in [0.25, 0.3) is 0 Å². The largest absolute Gasteiger partial charge is 0.492 e. The summed E-state index contributed by atoms with van der Waals surface area (Å²) >= 11 is 0. The maximum absolute atomic E-state index is 5.75. The Labute approximate surface area is 123 Å². The first-order chi connectivity index (χ1) is 9.59. The summed E-state index contributed by atoms with van der Waals surface area (Å²) < 4.78 is 11.2. The van der Waals surface area contributed by atoms with E-state index >= 15 is 0 Å². The maximum atomic E-state index is 5.75. The lowest BCUT2D eigenvalue weighted by atomic mass is 10.0. The van der Waals surface area contributed by atoms with Crippen LogP contribution in [0.4, 0.5) is 0 Å². The molecule has 0 aliphatic carbocycles. The molecule has 0 atom stereocenters. The summed E-state index contributed by atoms with van der Waals surface area (Å²) in [6, 6.07) is 8.34. The summed E-state index contributed by atoms with van der Waals surface area (Å²) in [7, 11) is 0. The molecule has 3 heteroatoms. The highest BCUT2D eigenvalue weighted by Crippen LogP contribution is 2.19. The third-order valence-electron chi connectivity index (χ3n) is 3.02. The summed E-state index contributed by atoms with van der Waals surface area (Å²) in [5.41, 5.74) is 1.32. The van der Waals surface area contributed by atoms with E-state index in [1.54, 1.807) is 0 Å². The lowest BCUT2D eigenvalue weighted by molar-refractivity contribution is 0.0770. The van der Waals surface area contributed by atoms with Gasteiger partial charge in [0.15, 0.2) is 0 Å². The Morgan fingerprint density at radius 2 is 1.85 bits per heavy atom. The van der Waals surface area contributed by atoms with E-state index in [1.165, 1.54) is 5.56 Å². The Bertz CT molecular complexity index is 364. The van der Waals surface area contributed by atoms with Gasteiger partial charge >= 0.3 is 0 Å². The fraction of sp³-hybridized carbons (Fsp3) is 0.647. The zero-order valence-electron chi connectivity index (χ0n) is 13.3. The first-order valence-electron chi connectivity index (χ1n) is 7.64. The second kappa shape index (κ2) is 9.78. The van der Waals surface area contributed by atoms with E-state index in [0.717, 1.165) is 31.9 Å². The Morgan fingerprint density at radius 3 is 2.55 bits per heavy atom. The molecule has 0 aliphatic heterocycles. The minimum Gasteiger partial charge on any atom is -0.492 e. The molecule has 0 unspecified atom stereocenters. The fourth-order valence-corrected chi connectivity index (χ4v) is 1.85. The van der Waals surface area contributed by atoms with Gasteiger partial charge in [-0.25, -0.2) is 0 Å². The van der Waals surface area contributed by atoms with Crippen molar-refractivity contribution in [2.45, 2.75) is 46.1 Å². The van der Waals surface area contributed by atoms with E-state index < -0.39 is 0 Å². The van der Waals surface area contributed by atoms with Crippen LogP contribution >= 0.6 is 0 Å². The molecule has 0 amide bonds. The third kappa shape index (κ3) is 7.51. The molecule has 0 saturated carbocycles. The van der Waals surface area contributed by atoms with Crippen LogP contribution in [0.15, 0.2) is 24.3 Å². The van der Waals surface area contributed by atoms with Crippen LogP contribution in [-0.4, -0.2) is 32.4 Å². The molecule has 0 aliphatic rings. The fourth-order valence-electron chi connectivity index (χ4n) is 1.85. The summed E-state index contributed by atoms with van der Waals surface area (Å²) in [6.07, 6.45) is 1.37. The summed E-state index contributed by atoms with van der Waals surface area (Å²) in [6.45, 7) is 11.9. The molecule has 1 aromatic carbocycles. The monoisotopic (exact) mass is 279 g/mol. The van der Waals surface area contributed by atoms with Crippen LogP contribution < -0.4 is 10.1 Å². The molecule has 20 heavy (non-hydrogen) atoms. The Kier molecular flexibility index (Phi) is 8.31. The van der Waals surface area contributed by atoms with E-state index in [4.69, 9.17) is 9.47 Å². The van der Waals surface area contributed by atoms with E-state index in [9.17, 15) is 0 Å². The van der Waals surface area contributed by atoms with Gasteiger partial charge in [-0.3, -0.25) is 0 Å². The van der Waals surface area contributed by atoms with Gasteiger partial charge in [-0.1, -0.05) is 26.0 Å². The van der Waals surface area contributed by atoms with Gasteiger partial charge in [-0.15, -0.1) is 0 Å². The molecule has 0 bridgehead atoms. The number of benzene rings is 1. The van der Waals surface area contributed by atoms with Crippen molar-refractivity contribution in [2.75, 3.05) is 26.3 Å². The second-order valence-electron chi connectivity index (χ2n) is 5.60. The van der Waals surface area contributed by atoms with Crippen molar-refractivity contribution in [2.24, 2.45) is 0 Å². The molecule has 0 radical (unpaired) electrons. The molecule has 0 saturated heterocycles. The van der Waals surface area contributed by atoms with Gasteiger partial charge in [0, 0.05) is 13.2 Å². The van der Waals surface area contributed by atoms with Crippen molar-refractivity contribution in [1.82, 2.24) is 5.32 Å². The minimum atomic E-state index is 0.326. The van der Waals surface area contributed by atoms with Crippen LogP contribution in [0.1, 0.15) is 45.6 Å². The number of nitrogens with one attached hydrogen (secondary N) is 1. The number of rotatable bonds is 10. The van der Waals surface area contributed by atoms with E-state index in [2.05, 4.69) is 51.2 Å². The molecule has 0 aromatic heterocycles. The zero-order valence-corrected chi connectivity index (χ0v) is 13.3. The van der Waals surface area contributed by atoms with Gasteiger partial charge in [0.2, 0.25) is 0 Å². The Balaban J connectivity index is 2.08. The van der Waals surface area contributed by atoms with Crippen molar-refractivity contribution in [1.29, 1.82) is 0 Å². The van der Waals surface area contributed by atoms with Gasteiger partial charge in [-0.05, 0) is 50.4 Å². The third-order valence-corrected chi connectivity index (χ3v) is 3.02. The van der Waals surface area contributed by atoms with Crippen LogP contribution in [0.2, 0.25) is 0 Å². The van der Waals surface area contributed by atoms with Crippen LogP contribution in [0.5, 0.6) is 5.75 Å². The smallest absolute Gasteiger partial charge is 0.119 e. The van der Waals surface area contributed by atoms with Gasteiger partial charge < -0.3 is 14.8 Å². The number of ether oxygens (including phenoxy) is 2. The molecular weight excluding hydrogens is 250 g/mol. The second-order valence-corrected chi connectivity index (χ2v) is 5.60. The predicted molar refractivity (Wildman–Crippen MR) is 84.6 cm³/mol. The van der Waals surface area contributed by atoms with Gasteiger partial charge in [0.1, 0.15) is 12.4 Å². The first-order valence-corrected chi connectivity index (χ1v) is 7.64. The molecule has 3 nitrogen and oxygen atoms in total. The van der Waals surface area contributed by atoms with Gasteiger partial charge in [-0.2, -0.15) is 0 Å². The van der Waals surface area contributed by atoms with Crippen molar-refractivity contribution in [3.05, 3.63) is 29.8 Å². The molecule has 114 valence electrons. The van der Waals surface area contributed by atoms with Crippen molar-refractivity contribution in [3.63, 3.8) is 0 Å². The minimum absolute atomic E-state index is 0.326. The summed E-state index contributed by atoms with van der Waals surface area (Å²) in [4.78, 5) is 0. The highest BCUT2D eigenvalue weighted by molar-refractivity contribution is 5.30. The Morgan fingerprint density at radius 1 is 1.05 bits per heavy atom. The van der Waals surface area contributed by atoms with Crippen LogP contribution in [0, 0.1) is 0 Å². The van der Waals surface area contributed by atoms with Crippen molar-refractivity contribution >= 4 is 0 Å². The molecule has 1 aromatic rings. The van der Waals surface area contributed by atoms with Crippen molar-refractivity contribution < 1.29 is 9.47 Å². The van der Waals surface area contributed by atoms with Crippen LogP contribution in [0.25, 0.3) is 0 Å². The van der Waals surface area contributed by atoms with Crippen LogP contribution in [0.3, 0.4) is 0 Å². The first kappa shape index (κ1) is 17.0. The van der Waals surface area contributed by atoms with Crippen molar-refractivity contribution in [3.8, 4) is 5.75 Å². The van der Waals surface area contributed by atoms with Crippen LogP contribution in [-0.2, 0) is 4.74 Å². The predicted octanol–water partition coefficient (Wildman–Crippen LogP) is 3.59. The number of hydrogen-bond donors (Lipinski definition) is 1. The molecule has 1 rings (SSSR count). The zero-order chi connectivity index (χ0) is 14.8. The lowest BCUT2D eigenvalue weighted by Crippen LogP contribution is -2.23. The molecule has 1 N–H and O–H groups in total. The van der Waals surface area contributed by atoms with E-state index in [-0.39, 0.29) is 0 Å². The SMILES string of the molecule is CC(C)OCCCNCCOc1cccc(C(C)C)c1. The average molecular weight is 279 g/mol. The maximum Gasteiger partial charge on any atom is 0.119 e. The molecule has 0 fully saturated rings. The lowest BCUT2D eigenvalue weighted by Gasteiger charge is -2.11. The average Bonchev–Trinajstić information content (AvgIpc) is 2.41. The quantitative estimate of drug-likeness (QED) is 0.664. The topological polar surface area (TPSA) is 30.5 Å². The summed E-state index contributed by atoms with van der Waals surface area (Å²) in [5, 5.41) is 3.36. The highest BCUT2D eigenvalue weighted by Gasteiger charge is 2.00. The normalized spacial score (nSPS) is 11.3. The number of hydrogen-bond acceptors (Lipinski definition) is 3. The Hall–Kier alpha value is -1.06. The molecule has 0 heterocycles. The van der Waals surface area contributed by atoms with E-state index in [0.29, 0.717) is 18.6 Å². The molecule has 0 spiro atoms. The summed E-state index contributed by atoms with van der Waals surface area (Å²) in [5.74, 6) is 1.50. The standard InChI is InChI=1S/C17H29NO2/c1-14(2)16-7-5-8-17(13-16)20-12-10-18-9-6-11-19-15(3)4/h5,7-8,13-15,18H,6,9-12H2,1-4H3. The van der Waals surface area contributed by atoms with E-state index in [1.807, 2.05) is 6.07 Å². The highest BCUT2D eigenvalue weighted by atomic mass is 16.5. The molecular formula is C17H29NO2. The van der Waals surface area contributed by atoms with Gasteiger partial charge in [0.05, 0.1) is 6.10 Å².